The van der Waals surface area contributed by atoms with E-state index in [2.05, 4.69) is 47.1 Å². The molecule has 6 rings (SSSR count). The molecular weight excluding hydrogens is 923 g/mol. The zero-order chi connectivity index (χ0) is 46.2. The number of aliphatic hydroxyl groups excluding tert-OH is 6. The van der Waals surface area contributed by atoms with Crippen LogP contribution < -0.4 is 11.1 Å². The lowest BCUT2D eigenvalue weighted by molar-refractivity contribution is -0.0511. The lowest BCUT2D eigenvalue weighted by Crippen LogP contribution is -2.33. The van der Waals surface area contributed by atoms with Crippen molar-refractivity contribution in [1.29, 1.82) is 0 Å². The largest absolute Gasteiger partial charge is 0.490 e. The van der Waals surface area contributed by atoms with Gasteiger partial charge in [-0.25, -0.2) is 42.8 Å². The Balaban J connectivity index is 0.000000201. The van der Waals surface area contributed by atoms with Crippen molar-refractivity contribution < 1.29 is 117 Å². The molecule has 2 aliphatic rings. The number of aromatic amines is 2. The summed E-state index contributed by atoms with van der Waals surface area (Å²) in [5.41, 5.74) is -0.423. The van der Waals surface area contributed by atoms with Crippen LogP contribution in [-0.4, -0.2) is 154 Å². The Morgan fingerprint density at radius 1 is 0.593 bits per heavy atom. The first-order valence-corrected chi connectivity index (χ1v) is 22.4. The molecule has 332 valence electrons. The number of nitrogens with one attached hydrogen (secondary N) is 2. The smallest absolute Gasteiger partial charge is 0.394 e. The molecule has 4 aromatic heterocycles. The fourth-order valence-electron chi connectivity index (χ4n) is 4.75. The third-order valence-corrected chi connectivity index (χ3v) is 13.6. The van der Waals surface area contributed by atoms with Crippen LogP contribution in [0.4, 0.5) is 0 Å². The number of aliphatic hydroxyl groups is 6. The third kappa shape index (κ3) is 12.6. The van der Waals surface area contributed by atoms with E-state index in [-0.39, 0.29) is 22.3 Å². The Kier molecular flexibility index (Phi) is 14.4. The summed E-state index contributed by atoms with van der Waals surface area (Å²) >= 11 is 0. The van der Waals surface area contributed by atoms with Gasteiger partial charge in [-0.05, 0) is 0 Å². The summed E-state index contributed by atoms with van der Waals surface area (Å²) < 4.78 is 93.1. The lowest BCUT2D eigenvalue weighted by atomic mass is 10.1. The van der Waals surface area contributed by atoms with Crippen molar-refractivity contribution in [3.63, 3.8) is 0 Å². The van der Waals surface area contributed by atoms with Gasteiger partial charge < -0.3 is 84.3 Å². The Morgan fingerprint density at radius 3 is 1.20 bits per heavy atom. The molecule has 4 unspecified atom stereocenters. The van der Waals surface area contributed by atoms with Crippen LogP contribution >= 0.6 is 39.1 Å². The molecule has 2 fully saturated rings. The highest BCUT2D eigenvalue weighted by atomic mass is 31.3. The molecule has 2 saturated heterocycles. The summed E-state index contributed by atoms with van der Waals surface area (Å²) in [5, 5.41) is 57.8. The van der Waals surface area contributed by atoms with E-state index in [1.54, 1.807) is 0 Å². The van der Waals surface area contributed by atoms with Gasteiger partial charge in [0.05, 0.1) is 41.2 Å². The first kappa shape index (κ1) is 45.6. The van der Waals surface area contributed by atoms with Gasteiger partial charge in [0.25, 0.3) is 11.1 Å². The van der Waals surface area contributed by atoms with Gasteiger partial charge in [0, 0.05) is 0 Å². The van der Waals surface area contributed by atoms with Gasteiger partial charge in [-0.15, -0.1) is 0 Å². The number of fused-ring (bicyclic) bond motifs is 2. The van der Waals surface area contributed by atoms with Gasteiger partial charge in [0.15, 0.2) is 34.8 Å². The van der Waals surface area contributed by atoms with Gasteiger partial charge in [-0.3, -0.25) is 18.7 Å². The number of aromatic nitrogens is 8. The zero-order valence-corrected chi connectivity index (χ0v) is 32.6. The van der Waals surface area contributed by atoms with Crippen LogP contribution in [0.2, 0.25) is 0 Å². The van der Waals surface area contributed by atoms with Crippen molar-refractivity contribution in [3.05, 3.63) is 46.0 Å². The maximum Gasteiger partial charge on any atom is 0.490 e. The monoisotopic (exact) mass is 956 g/mol. The Bertz CT molecular complexity index is 2380. The number of nitrogens with zero attached hydrogens (tertiary/aromatic N) is 6. The van der Waals surface area contributed by atoms with E-state index >= 15 is 0 Å². The Morgan fingerprint density at radius 2 is 0.915 bits per heavy atom. The van der Waals surface area contributed by atoms with Crippen molar-refractivity contribution >= 4 is 61.4 Å². The predicted molar refractivity (Wildman–Crippen MR) is 180 cm³/mol. The van der Waals surface area contributed by atoms with Crippen LogP contribution in [0.5, 0.6) is 0 Å². The van der Waals surface area contributed by atoms with E-state index in [9.17, 15) is 63.1 Å². The summed E-state index contributed by atoms with van der Waals surface area (Å²) in [7, 11) is -29.3. The van der Waals surface area contributed by atoms with Gasteiger partial charge in [-0.2, -0.15) is 17.2 Å². The summed E-state index contributed by atoms with van der Waals surface area (Å²) in [6.45, 7) is -3.40. The molecule has 59 heavy (non-hydrogen) atoms. The normalized spacial score (nSPS) is 29.4. The first-order chi connectivity index (χ1) is 27.8. The molecule has 12 atom stereocenters. The number of rotatable bonds is 12. The predicted octanol–water partition coefficient (Wildman–Crippen LogP) is -5.00. The van der Waals surface area contributed by atoms with E-state index in [1.807, 2.05) is 0 Å². The maximum absolute atomic E-state index is 11.5. The highest BCUT2D eigenvalue weighted by Crippen LogP contribution is 2.72. The molecule has 6 heterocycles. The van der Waals surface area contributed by atoms with Crippen LogP contribution in [-0.2, 0) is 49.5 Å². The molecule has 0 aliphatic carbocycles. The third-order valence-electron chi connectivity index (χ3n) is 6.95. The number of H-pyrrole nitrogens is 2. The summed E-state index contributed by atoms with van der Waals surface area (Å²) in [6, 6.07) is 0. The van der Waals surface area contributed by atoms with Crippen molar-refractivity contribution in [3.8, 4) is 0 Å². The molecule has 0 aromatic carbocycles. The quantitative estimate of drug-likeness (QED) is 0.0591. The second-order valence-electron chi connectivity index (χ2n) is 11.1. The summed E-state index contributed by atoms with van der Waals surface area (Å²) in [6.07, 6.45) is -5.45. The fraction of sp³-hybridized carbons (Fsp3) is 0.500. The standard InChI is InChI=1S/2C10H12N4O5.H7O16P5/c2*15-1-4-6(16)7(17)10(19-4)14-3-13-5-8(14)11-2-12-9(5)18;1-17(2,3)13-19(7,8)15-21(11,12)16-20(9,10)14-18(4,5)6/h2*2-4,6-7,10,15-17H,1H2,(H,11,12,18);(H,7,8)(H,9,10)(H,11,12)(H2,1,2,3)(H2,4,5,6)/t2*4-,6-,7-,10-;/m11./s1/i2*1D;/t2*1?,4-,6-,7-,10-;. The van der Waals surface area contributed by atoms with Gasteiger partial charge in [-0.1, -0.05) is 0 Å². The van der Waals surface area contributed by atoms with E-state index < -0.39 is 112 Å². The zero-order valence-electron chi connectivity index (χ0n) is 30.1. The Labute approximate surface area is 326 Å². The van der Waals surface area contributed by atoms with Crippen molar-refractivity contribution in [2.24, 2.45) is 0 Å². The molecule has 0 radical (unpaired) electrons. The number of ether oxygens (including phenoxy) is 2. The minimum atomic E-state index is -6.07. The van der Waals surface area contributed by atoms with E-state index in [1.165, 1.54) is 34.4 Å². The van der Waals surface area contributed by atoms with Gasteiger partial charge in [0.1, 0.15) is 36.6 Å². The van der Waals surface area contributed by atoms with Crippen molar-refractivity contribution in [1.82, 2.24) is 39.0 Å². The number of phosphoric acid groups is 5. The molecule has 2 aliphatic heterocycles. The molecule has 0 spiro atoms. The van der Waals surface area contributed by atoms with Crippen LogP contribution in [0.25, 0.3) is 22.3 Å². The lowest BCUT2D eigenvalue weighted by Gasteiger charge is -2.18. The molecule has 0 amide bonds. The van der Waals surface area contributed by atoms with Crippen molar-refractivity contribution in [2.75, 3.05) is 13.2 Å². The molecule has 0 bridgehead atoms. The van der Waals surface area contributed by atoms with E-state index in [0.717, 1.165) is 0 Å². The Hall–Kier alpha value is -2.91. The summed E-state index contributed by atoms with van der Waals surface area (Å²) in [5.74, 6) is 0. The first-order valence-electron chi connectivity index (χ1n) is 16.0. The van der Waals surface area contributed by atoms with Crippen LogP contribution in [0, 0.1) is 0 Å². The molecule has 4 aromatic rings. The van der Waals surface area contributed by atoms with Crippen LogP contribution in [0.15, 0.2) is 34.9 Å². The second kappa shape index (κ2) is 18.6. The SMILES string of the molecule is O=P(O)(O)OP(=O)(O)OP(=O)(O)OP(=O)(O)OP(=O)(O)O.[2H]C(O)[C@H]1O[C@@H](n2cnc3c(=O)[nH]cnc32)[C@H](O)[C@@H]1O.[2H]C(O)[C@H]1O[C@@H](n2cnc3c(=O)[nH]cnc32)[C@H](O)[C@@H]1O. The highest BCUT2D eigenvalue weighted by Gasteiger charge is 2.48. The molecule has 39 heteroatoms. The minimum Gasteiger partial charge on any atom is -0.394 e. The molecular formula is C20H31N8O26P5. The topological polar surface area (TPSA) is 531 Å². The summed E-state index contributed by atoms with van der Waals surface area (Å²) in [4.78, 5) is 102. The van der Waals surface area contributed by atoms with Gasteiger partial charge >= 0.3 is 39.1 Å². The molecule has 0 saturated carbocycles. The van der Waals surface area contributed by atoms with Gasteiger partial charge in [0.2, 0.25) is 0 Å². The van der Waals surface area contributed by atoms with Crippen molar-refractivity contribution in [2.45, 2.75) is 49.1 Å². The number of hydrogen-bond acceptors (Lipinski definition) is 23. The number of imidazole rings is 2. The fourth-order valence-corrected chi connectivity index (χ4v) is 10.1. The average molecular weight is 956 g/mol. The molecule has 15 N–H and O–H groups in total. The molecule has 34 nitrogen and oxygen atoms in total. The highest BCUT2D eigenvalue weighted by molar-refractivity contribution is 7.71. The van der Waals surface area contributed by atoms with Crippen LogP contribution in [0.1, 0.15) is 15.2 Å². The van der Waals surface area contributed by atoms with Crippen LogP contribution in [0.3, 0.4) is 0 Å². The average Bonchev–Trinajstić information content (AvgIpc) is 3.84. The second-order valence-corrected chi connectivity index (χ2v) is 18.5. The van der Waals surface area contributed by atoms with E-state index in [0.29, 0.717) is 0 Å². The van der Waals surface area contributed by atoms with E-state index in [4.69, 9.17) is 46.5 Å². The number of hydrogen-bond donors (Lipinski definition) is 15. The minimum absolute atomic E-state index is 0.0626. The maximum atomic E-state index is 11.5.